The van der Waals surface area contributed by atoms with Crippen LogP contribution in [-0.2, 0) is 4.79 Å². The summed E-state index contributed by atoms with van der Waals surface area (Å²) in [6, 6.07) is 0.381. The number of carbonyl (C=O) groups is 2. The van der Waals surface area contributed by atoms with Crippen molar-refractivity contribution in [3.05, 3.63) is 0 Å². The number of likely N-dealkylation sites (tertiary alicyclic amines) is 2. The summed E-state index contributed by atoms with van der Waals surface area (Å²) in [6.45, 7) is 4.16. The molecular weight excluding hydrogens is 316 g/mol. The molecule has 1 saturated carbocycles. The minimum absolute atomic E-state index is 0.0103. The second-order valence-corrected chi connectivity index (χ2v) is 8.04. The van der Waals surface area contributed by atoms with Gasteiger partial charge in [-0.2, -0.15) is 0 Å². The van der Waals surface area contributed by atoms with Crippen LogP contribution in [0.15, 0.2) is 0 Å². The summed E-state index contributed by atoms with van der Waals surface area (Å²) < 4.78 is 0. The molecule has 0 aromatic heterocycles. The molecule has 0 radical (unpaired) electrons. The largest absolute Gasteiger partial charge is 0.342 e. The van der Waals surface area contributed by atoms with Crippen LogP contribution in [0.25, 0.3) is 0 Å². The fourth-order valence-corrected chi connectivity index (χ4v) is 4.60. The van der Waals surface area contributed by atoms with E-state index in [1.807, 2.05) is 16.8 Å². The van der Waals surface area contributed by atoms with Crippen molar-refractivity contribution < 1.29 is 9.59 Å². The third kappa shape index (κ3) is 4.87. The van der Waals surface area contributed by atoms with Crippen LogP contribution in [0.2, 0.25) is 0 Å². The Kier molecular flexibility index (Phi) is 6.57. The Morgan fingerprint density at radius 3 is 2.32 bits per heavy atom. The van der Waals surface area contributed by atoms with Crippen molar-refractivity contribution in [1.82, 2.24) is 20.4 Å². The highest BCUT2D eigenvalue weighted by molar-refractivity contribution is 5.81. The molecule has 2 aliphatic heterocycles. The van der Waals surface area contributed by atoms with E-state index in [0.29, 0.717) is 18.5 Å². The predicted octanol–water partition coefficient (Wildman–Crippen LogP) is 1.81. The van der Waals surface area contributed by atoms with Gasteiger partial charge in [-0.25, -0.2) is 4.79 Å². The molecule has 1 unspecified atom stereocenters. The van der Waals surface area contributed by atoms with Crippen molar-refractivity contribution in [3.8, 4) is 0 Å². The van der Waals surface area contributed by atoms with Crippen LogP contribution >= 0.6 is 0 Å². The number of hydrogen-bond acceptors (Lipinski definition) is 3. The summed E-state index contributed by atoms with van der Waals surface area (Å²) in [6.07, 6.45) is 8.67. The molecule has 3 aliphatic rings. The summed E-state index contributed by atoms with van der Waals surface area (Å²) >= 11 is 0. The van der Waals surface area contributed by atoms with Crippen molar-refractivity contribution >= 4 is 11.9 Å². The van der Waals surface area contributed by atoms with E-state index in [4.69, 9.17) is 0 Å². The molecule has 6 heteroatoms. The Balaban J connectivity index is 1.47. The van der Waals surface area contributed by atoms with E-state index in [-0.39, 0.29) is 17.9 Å². The van der Waals surface area contributed by atoms with Crippen molar-refractivity contribution in [1.29, 1.82) is 0 Å². The summed E-state index contributed by atoms with van der Waals surface area (Å²) in [5.41, 5.74) is 0. The zero-order valence-corrected chi connectivity index (χ0v) is 15.6. The van der Waals surface area contributed by atoms with Gasteiger partial charge in [0.2, 0.25) is 5.91 Å². The maximum absolute atomic E-state index is 12.9. The Morgan fingerprint density at radius 1 is 0.920 bits per heavy atom. The van der Waals surface area contributed by atoms with Gasteiger partial charge in [-0.15, -0.1) is 0 Å². The molecule has 0 spiro atoms. The van der Waals surface area contributed by atoms with E-state index in [2.05, 4.69) is 10.6 Å². The fourth-order valence-electron chi connectivity index (χ4n) is 4.60. The molecule has 2 heterocycles. The Labute approximate surface area is 151 Å². The van der Waals surface area contributed by atoms with Gasteiger partial charge in [-0.05, 0) is 58.0 Å². The topological polar surface area (TPSA) is 64.7 Å². The lowest BCUT2D eigenvalue weighted by atomic mass is 9.93. The fraction of sp³-hybridized carbons (Fsp3) is 0.895. The van der Waals surface area contributed by atoms with Gasteiger partial charge >= 0.3 is 6.03 Å². The van der Waals surface area contributed by atoms with Gasteiger partial charge in [0.05, 0.1) is 5.92 Å². The third-order valence-corrected chi connectivity index (χ3v) is 6.16. The number of amides is 3. The van der Waals surface area contributed by atoms with E-state index < -0.39 is 0 Å². The first-order valence-electron chi connectivity index (χ1n) is 10.2. The van der Waals surface area contributed by atoms with E-state index >= 15 is 0 Å². The van der Waals surface area contributed by atoms with Crippen LogP contribution in [0.1, 0.15) is 51.4 Å². The average molecular weight is 351 g/mol. The molecule has 1 atom stereocenters. The summed E-state index contributed by atoms with van der Waals surface area (Å²) in [4.78, 5) is 29.3. The van der Waals surface area contributed by atoms with Crippen molar-refractivity contribution in [2.24, 2.45) is 11.8 Å². The number of rotatable bonds is 4. The highest BCUT2D eigenvalue weighted by Gasteiger charge is 2.33. The first kappa shape index (κ1) is 18.5. The van der Waals surface area contributed by atoms with E-state index in [9.17, 15) is 9.59 Å². The summed E-state index contributed by atoms with van der Waals surface area (Å²) in [5, 5.41) is 6.40. The second kappa shape index (κ2) is 8.88. The van der Waals surface area contributed by atoms with Gasteiger partial charge in [0, 0.05) is 32.2 Å². The molecule has 3 amide bonds. The van der Waals surface area contributed by atoms with Gasteiger partial charge in [-0.1, -0.05) is 12.8 Å². The zero-order chi connectivity index (χ0) is 17.6. The lowest BCUT2D eigenvalue weighted by molar-refractivity contribution is -0.138. The van der Waals surface area contributed by atoms with Crippen LogP contribution in [0, 0.1) is 11.8 Å². The molecule has 3 fully saturated rings. The second-order valence-electron chi connectivity index (χ2n) is 8.04. The lowest BCUT2D eigenvalue weighted by Crippen LogP contribution is -2.52. The van der Waals surface area contributed by atoms with Crippen LogP contribution in [0.3, 0.4) is 0 Å². The Hall–Kier alpha value is -1.30. The molecular formula is C19H34N4O2. The number of carbonyl (C=O) groups excluding carboxylic acids is 2. The molecule has 0 bridgehead atoms. The summed E-state index contributed by atoms with van der Waals surface area (Å²) in [7, 11) is 1.99. The molecule has 0 aromatic rings. The van der Waals surface area contributed by atoms with E-state index in [1.54, 1.807) is 0 Å². The van der Waals surface area contributed by atoms with E-state index in [0.717, 1.165) is 64.7 Å². The van der Waals surface area contributed by atoms with Gasteiger partial charge in [0.1, 0.15) is 0 Å². The van der Waals surface area contributed by atoms with Gasteiger partial charge in [-0.3, -0.25) is 4.79 Å². The minimum atomic E-state index is -0.0103. The van der Waals surface area contributed by atoms with Gasteiger partial charge < -0.3 is 20.4 Å². The van der Waals surface area contributed by atoms with Crippen molar-refractivity contribution in [3.63, 3.8) is 0 Å². The maximum atomic E-state index is 12.9. The predicted molar refractivity (Wildman–Crippen MR) is 98.3 cm³/mol. The smallest absolute Gasteiger partial charge is 0.317 e. The van der Waals surface area contributed by atoms with Gasteiger partial charge in [0.25, 0.3) is 0 Å². The number of hydrogen-bond donors (Lipinski definition) is 2. The Morgan fingerprint density at radius 2 is 1.64 bits per heavy atom. The monoisotopic (exact) mass is 350 g/mol. The number of nitrogens with zero attached hydrogens (tertiary/aromatic N) is 2. The lowest BCUT2D eigenvalue weighted by Gasteiger charge is -2.38. The normalized spacial score (nSPS) is 26.0. The molecule has 3 rings (SSSR count). The number of nitrogens with one attached hydrogen (secondary N) is 2. The zero-order valence-electron chi connectivity index (χ0n) is 15.6. The van der Waals surface area contributed by atoms with Gasteiger partial charge in [0.15, 0.2) is 0 Å². The molecule has 0 aromatic carbocycles. The SMILES string of the molecule is CNCC1CCN(C(=O)C2CCCN(C(=O)NC3CCCC3)C2)CC1. The first-order chi connectivity index (χ1) is 12.2. The molecule has 2 saturated heterocycles. The number of piperidine rings is 2. The highest BCUT2D eigenvalue weighted by atomic mass is 16.2. The van der Waals surface area contributed by atoms with Crippen LogP contribution in [0.4, 0.5) is 4.79 Å². The molecule has 6 nitrogen and oxygen atoms in total. The number of urea groups is 1. The van der Waals surface area contributed by atoms with Crippen LogP contribution in [-0.4, -0.2) is 67.6 Å². The highest BCUT2D eigenvalue weighted by Crippen LogP contribution is 2.24. The molecule has 25 heavy (non-hydrogen) atoms. The average Bonchev–Trinajstić information content (AvgIpc) is 3.15. The quantitative estimate of drug-likeness (QED) is 0.813. The van der Waals surface area contributed by atoms with Crippen LogP contribution in [0.5, 0.6) is 0 Å². The van der Waals surface area contributed by atoms with E-state index in [1.165, 1.54) is 12.8 Å². The third-order valence-electron chi connectivity index (χ3n) is 6.16. The van der Waals surface area contributed by atoms with Crippen LogP contribution < -0.4 is 10.6 Å². The molecule has 2 N–H and O–H groups in total. The molecule has 1 aliphatic carbocycles. The first-order valence-corrected chi connectivity index (χ1v) is 10.2. The molecule has 142 valence electrons. The van der Waals surface area contributed by atoms with Crippen molar-refractivity contribution in [2.75, 3.05) is 39.8 Å². The summed E-state index contributed by atoms with van der Waals surface area (Å²) in [5.74, 6) is 0.944. The standard InChI is InChI=1S/C19H34N4O2/c1-20-13-15-8-11-22(12-9-15)18(24)16-5-4-10-23(14-16)19(25)21-17-6-2-3-7-17/h15-17,20H,2-14H2,1H3,(H,21,25). The van der Waals surface area contributed by atoms with Crippen molar-refractivity contribution in [2.45, 2.75) is 57.4 Å². The Bertz CT molecular complexity index is 456. The maximum Gasteiger partial charge on any atom is 0.317 e. The minimum Gasteiger partial charge on any atom is -0.342 e.